The lowest BCUT2D eigenvalue weighted by molar-refractivity contribution is -0.122. The SMILES string of the molecule is CC(=O)Nc1ccc(NC(=O)C2CN(S(C)(=O)=O)c3cc(C(C)(C)C)ccc3O2)cc1. The molecule has 2 aromatic carbocycles. The van der Waals surface area contributed by atoms with Crippen LogP contribution >= 0.6 is 0 Å². The first-order valence-electron chi connectivity index (χ1n) is 9.82. The van der Waals surface area contributed by atoms with E-state index in [2.05, 4.69) is 10.6 Å². The molecule has 1 unspecified atom stereocenters. The van der Waals surface area contributed by atoms with Crippen LogP contribution in [0.4, 0.5) is 17.1 Å². The first-order chi connectivity index (χ1) is 14.3. The van der Waals surface area contributed by atoms with Crippen molar-refractivity contribution >= 4 is 38.9 Å². The molecule has 1 aliphatic heterocycles. The molecule has 0 saturated heterocycles. The second kappa shape index (κ2) is 8.22. The van der Waals surface area contributed by atoms with Crippen molar-refractivity contribution in [3.8, 4) is 5.75 Å². The van der Waals surface area contributed by atoms with Crippen LogP contribution in [0.1, 0.15) is 33.3 Å². The van der Waals surface area contributed by atoms with E-state index in [-0.39, 0.29) is 17.9 Å². The van der Waals surface area contributed by atoms with Crippen LogP contribution in [0, 0.1) is 0 Å². The highest BCUT2D eigenvalue weighted by Gasteiger charge is 2.35. The first-order valence-corrected chi connectivity index (χ1v) is 11.7. The van der Waals surface area contributed by atoms with Gasteiger partial charge in [-0.1, -0.05) is 26.8 Å². The molecule has 9 heteroatoms. The minimum atomic E-state index is -3.62. The smallest absolute Gasteiger partial charge is 0.267 e. The van der Waals surface area contributed by atoms with E-state index in [4.69, 9.17) is 4.74 Å². The maximum Gasteiger partial charge on any atom is 0.267 e. The van der Waals surface area contributed by atoms with Gasteiger partial charge in [-0.2, -0.15) is 0 Å². The highest BCUT2D eigenvalue weighted by atomic mass is 32.2. The molecule has 3 rings (SSSR count). The van der Waals surface area contributed by atoms with Gasteiger partial charge in [-0.05, 0) is 47.4 Å². The third kappa shape index (κ3) is 5.35. The van der Waals surface area contributed by atoms with Gasteiger partial charge in [0, 0.05) is 18.3 Å². The zero-order valence-electron chi connectivity index (χ0n) is 18.2. The molecule has 0 radical (unpaired) electrons. The number of hydrogen-bond acceptors (Lipinski definition) is 5. The predicted molar refractivity (Wildman–Crippen MR) is 121 cm³/mol. The van der Waals surface area contributed by atoms with Gasteiger partial charge in [-0.3, -0.25) is 13.9 Å². The van der Waals surface area contributed by atoms with Crippen molar-refractivity contribution in [3.63, 3.8) is 0 Å². The summed E-state index contributed by atoms with van der Waals surface area (Å²) < 4.78 is 32.0. The third-order valence-electron chi connectivity index (χ3n) is 4.86. The summed E-state index contributed by atoms with van der Waals surface area (Å²) in [4.78, 5) is 23.9. The average molecular weight is 446 g/mol. The van der Waals surface area contributed by atoms with E-state index in [0.29, 0.717) is 22.8 Å². The second-order valence-electron chi connectivity index (χ2n) is 8.58. The number of amides is 2. The van der Waals surface area contributed by atoms with Gasteiger partial charge >= 0.3 is 0 Å². The summed E-state index contributed by atoms with van der Waals surface area (Å²) in [6.07, 6.45) is 0.0967. The van der Waals surface area contributed by atoms with Crippen LogP contribution < -0.4 is 19.7 Å². The fourth-order valence-corrected chi connectivity index (χ4v) is 4.14. The van der Waals surface area contributed by atoms with E-state index in [1.54, 1.807) is 36.4 Å². The van der Waals surface area contributed by atoms with Crippen molar-refractivity contribution in [3.05, 3.63) is 48.0 Å². The van der Waals surface area contributed by atoms with Crippen LogP contribution in [-0.2, 0) is 25.0 Å². The molecular formula is C22H27N3O5S. The molecule has 0 saturated carbocycles. The Bertz CT molecular complexity index is 1100. The van der Waals surface area contributed by atoms with Crippen LogP contribution in [0.15, 0.2) is 42.5 Å². The van der Waals surface area contributed by atoms with Crippen molar-refractivity contribution in [1.82, 2.24) is 0 Å². The number of fused-ring (bicyclic) bond motifs is 1. The molecule has 1 aliphatic rings. The molecule has 1 heterocycles. The second-order valence-corrected chi connectivity index (χ2v) is 10.5. The Morgan fingerprint density at radius 3 is 2.13 bits per heavy atom. The number of nitrogens with zero attached hydrogens (tertiary/aromatic N) is 1. The normalized spacial score (nSPS) is 16.2. The van der Waals surface area contributed by atoms with Crippen LogP contribution in [0.2, 0.25) is 0 Å². The number of ether oxygens (including phenoxy) is 1. The van der Waals surface area contributed by atoms with E-state index >= 15 is 0 Å². The zero-order chi connectivity index (χ0) is 23.0. The van der Waals surface area contributed by atoms with E-state index < -0.39 is 22.0 Å². The van der Waals surface area contributed by atoms with Crippen LogP contribution in [0.5, 0.6) is 5.75 Å². The monoisotopic (exact) mass is 445 g/mol. The number of sulfonamides is 1. The predicted octanol–water partition coefficient (Wildman–Crippen LogP) is 3.11. The minimum absolute atomic E-state index is 0.130. The standard InChI is InChI=1S/C22H27N3O5S/c1-14(26)23-16-7-9-17(10-8-16)24-21(27)20-13-25(31(5,28)29)18-12-15(22(2,3)4)6-11-19(18)30-20/h6-12,20H,13H2,1-5H3,(H,23,26)(H,24,27). The largest absolute Gasteiger partial charge is 0.476 e. The van der Waals surface area contributed by atoms with Gasteiger partial charge < -0.3 is 15.4 Å². The minimum Gasteiger partial charge on any atom is -0.476 e. The Hall–Kier alpha value is -3.07. The van der Waals surface area contributed by atoms with Gasteiger partial charge in [0.2, 0.25) is 15.9 Å². The molecule has 2 aromatic rings. The summed E-state index contributed by atoms with van der Waals surface area (Å²) in [5.41, 5.74) is 2.33. The Morgan fingerprint density at radius 1 is 1.03 bits per heavy atom. The molecule has 0 bridgehead atoms. The van der Waals surface area contributed by atoms with Crippen molar-refractivity contribution in [2.45, 2.75) is 39.2 Å². The maximum atomic E-state index is 12.8. The lowest BCUT2D eigenvalue weighted by Crippen LogP contribution is -2.48. The van der Waals surface area contributed by atoms with E-state index in [9.17, 15) is 18.0 Å². The first kappa shape index (κ1) is 22.6. The number of nitrogens with one attached hydrogen (secondary N) is 2. The number of carbonyl (C=O) groups is 2. The highest BCUT2D eigenvalue weighted by Crippen LogP contribution is 2.38. The zero-order valence-corrected chi connectivity index (χ0v) is 19.0. The highest BCUT2D eigenvalue weighted by molar-refractivity contribution is 7.92. The number of anilines is 3. The van der Waals surface area contributed by atoms with Crippen molar-refractivity contribution in [2.75, 3.05) is 27.7 Å². The fourth-order valence-electron chi connectivity index (χ4n) is 3.23. The van der Waals surface area contributed by atoms with E-state index in [1.165, 1.54) is 11.2 Å². The average Bonchev–Trinajstić information content (AvgIpc) is 2.66. The van der Waals surface area contributed by atoms with Crippen LogP contribution in [-0.4, -0.2) is 39.1 Å². The molecule has 0 fully saturated rings. The molecule has 31 heavy (non-hydrogen) atoms. The fraction of sp³-hybridized carbons (Fsp3) is 0.364. The van der Waals surface area contributed by atoms with Gasteiger partial charge in [0.1, 0.15) is 5.75 Å². The summed E-state index contributed by atoms with van der Waals surface area (Å²) in [5, 5.41) is 5.38. The Morgan fingerprint density at radius 2 is 1.61 bits per heavy atom. The van der Waals surface area contributed by atoms with Crippen molar-refractivity contribution < 1.29 is 22.7 Å². The van der Waals surface area contributed by atoms with Crippen molar-refractivity contribution in [1.29, 1.82) is 0 Å². The molecule has 0 aliphatic carbocycles. The maximum absolute atomic E-state index is 12.8. The molecule has 2 amide bonds. The molecule has 2 N–H and O–H groups in total. The lowest BCUT2D eigenvalue weighted by Gasteiger charge is -2.35. The summed E-state index contributed by atoms with van der Waals surface area (Å²) in [5.74, 6) is -0.321. The lowest BCUT2D eigenvalue weighted by atomic mass is 9.86. The van der Waals surface area contributed by atoms with E-state index in [1.807, 2.05) is 26.8 Å². The Labute approximate surface area is 182 Å². The van der Waals surface area contributed by atoms with Gasteiger partial charge in [0.05, 0.1) is 18.5 Å². The third-order valence-corrected chi connectivity index (χ3v) is 6.01. The van der Waals surface area contributed by atoms with Crippen LogP contribution in [0.25, 0.3) is 0 Å². The molecule has 1 atom stereocenters. The molecule has 0 spiro atoms. The molecule has 166 valence electrons. The van der Waals surface area contributed by atoms with Gasteiger partial charge in [-0.15, -0.1) is 0 Å². The summed E-state index contributed by atoms with van der Waals surface area (Å²) in [7, 11) is -3.62. The van der Waals surface area contributed by atoms with Gasteiger partial charge in [0.15, 0.2) is 6.10 Å². The summed E-state index contributed by atoms with van der Waals surface area (Å²) >= 11 is 0. The summed E-state index contributed by atoms with van der Waals surface area (Å²) in [6, 6.07) is 12.0. The summed E-state index contributed by atoms with van der Waals surface area (Å²) in [6.45, 7) is 7.39. The molecule has 8 nitrogen and oxygen atoms in total. The quantitative estimate of drug-likeness (QED) is 0.752. The topological polar surface area (TPSA) is 105 Å². The number of hydrogen-bond donors (Lipinski definition) is 2. The van der Waals surface area contributed by atoms with Gasteiger partial charge in [0.25, 0.3) is 5.91 Å². The number of benzene rings is 2. The number of rotatable bonds is 4. The Kier molecular flexibility index (Phi) is 6.00. The van der Waals surface area contributed by atoms with E-state index in [0.717, 1.165) is 11.8 Å². The molecular weight excluding hydrogens is 418 g/mol. The van der Waals surface area contributed by atoms with Crippen LogP contribution in [0.3, 0.4) is 0 Å². The van der Waals surface area contributed by atoms with Gasteiger partial charge in [-0.25, -0.2) is 8.42 Å². The number of carbonyl (C=O) groups excluding carboxylic acids is 2. The Balaban J connectivity index is 1.84. The van der Waals surface area contributed by atoms with Crippen molar-refractivity contribution in [2.24, 2.45) is 0 Å². The molecule has 0 aromatic heterocycles.